The second kappa shape index (κ2) is 33.2. The number of ether oxygens (including phenoxy) is 2. The van der Waals surface area contributed by atoms with E-state index in [0.717, 1.165) is 83.5 Å². The van der Waals surface area contributed by atoms with E-state index in [1.165, 1.54) is 0 Å². The van der Waals surface area contributed by atoms with Gasteiger partial charge in [0, 0.05) is 12.8 Å². The van der Waals surface area contributed by atoms with Gasteiger partial charge in [-0.2, -0.15) is 0 Å². The van der Waals surface area contributed by atoms with Crippen LogP contribution in [0.3, 0.4) is 0 Å². The number of esters is 2. The van der Waals surface area contributed by atoms with Crippen LogP contribution in [-0.4, -0.2) is 98.3 Å². The molecule has 0 aliphatic heterocycles. The average molecular weight is 827 g/mol. The predicted octanol–water partition coefficient (Wildman–Crippen LogP) is 7.16. The predicted molar refractivity (Wildman–Crippen MR) is 221 cm³/mol. The topological polar surface area (TPSA) is 210 Å². The van der Waals surface area contributed by atoms with Gasteiger partial charge in [0.2, 0.25) is 0 Å². The number of hydrogen-bond donors (Lipinski definition) is 6. The zero-order chi connectivity index (χ0) is 42.2. The van der Waals surface area contributed by atoms with Gasteiger partial charge in [-0.05, 0) is 77.0 Å². The molecule has 13 nitrogen and oxygen atoms in total. The van der Waals surface area contributed by atoms with Crippen LogP contribution >= 0.6 is 7.82 Å². The molecule has 6 N–H and O–H groups in total. The van der Waals surface area contributed by atoms with E-state index in [1.807, 2.05) is 6.08 Å². The molecule has 0 bridgehead atoms. The van der Waals surface area contributed by atoms with Crippen LogP contribution in [0.4, 0.5) is 0 Å². The third-order valence-electron chi connectivity index (χ3n) is 9.01. The van der Waals surface area contributed by atoms with Crippen LogP contribution in [0.5, 0.6) is 0 Å². The molecular weight excluding hydrogens is 755 g/mol. The van der Waals surface area contributed by atoms with E-state index < -0.39 is 75.7 Å². The van der Waals surface area contributed by atoms with Crippen LogP contribution in [-0.2, 0) is 32.7 Å². The molecule has 1 fully saturated rings. The van der Waals surface area contributed by atoms with Crippen molar-refractivity contribution in [1.82, 2.24) is 0 Å². The van der Waals surface area contributed by atoms with E-state index in [-0.39, 0.29) is 12.8 Å². The SMILES string of the molecule is CC/C=C\C/C=C\C/C=C\C/C=C\CCCCC(=O)OC(COC(=O)CCCCCCC/C=C\C/C=C\CCC)COP(=O)(O)OC1C(O)C(O)C(O)C(O)C1O. The number of unbranched alkanes of at least 4 members (excludes halogenated alkanes) is 8. The molecule has 0 spiro atoms. The molecule has 57 heavy (non-hydrogen) atoms. The Labute approximate surface area is 340 Å². The number of hydrogen-bond acceptors (Lipinski definition) is 12. The number of phosphoric acid groups is 1. The van der Waals surface area contributed by atoms with E-state index in [9.17, 15) is 44.6 Å². The first-order chi connectivity index (χ1) is 27.4. The maximum Gasteiger partial charge on any atom is 0.472 e. The molecule has 0 saturated heterocycles. The molecule has 0 aromatic carbocycles. The molecule has 1 saturated carbocycles. The van der Waals surface area contributed by atoms with Crippen LogP contribution in [0.25, 0.3) is 0 Å². The Morgan fingerprint density at radius 2 is 1.00 bits per heavy atom. The molecule has 0 heterocycles. The standard InChI is InChI=1S/C43H71O13P/c1-3-5-7-9-11-13-15-17-18-20-22-24-26-28-30-32-37(45)55-35(34-54-57(51,52)56-43-41(49)39(47)38(46)40(48)42(43)50)33-53-36(44)31-29-27-25-23-21-19-16-14-12-10-8-6-4-2/h5,7-8,10-11,13-14,16-18,22,24,35,38-43,46-50H,3-4,6,9,12,15,19-21,23,25-34H2,1-2H3,(H,51,52)/b7-5-,10-8-,13-11-,16-14-,18-17-,24-22-. The number of aliphatic hydroxyl groups is 5. The maximum absolute atomic E-state index is 12.8. The number of phosphoric ester groups is 1. The van der Waals surface area contributed by atoms with Crippen molar-refractivity contribution >= 4 is 19.8 Å². The van der Waals surface area contributed by atoms with E-state index in [1.54, 1.807) is 0 Å². The summed E-state index contributed by atoms with van der Waals surface area (Å²) in [5.74, 6) is -1.17. The summed E-state index contributed by atoms with van der Waals surface area (Å²) in [6.45, 7) is 3.04. The van der Waals surface area contributed by atoms with Crippen molar-refractivity contribution in [2.75, 3.05) is 13.2 Å². The first kappa shape index (κ1) is 52.3. The highest BCUT2D eigenvalue weighted by Gasteiger charge is 2.51. The number of carbonyl (C=O) groups is 2. The first-order valence-electron chi connectivity index (χ1n) is 20.7. The summed E-state index contributed by atoms with van der Waals surface area (Å²) >= 11 is 0. The molecule has 6 unspecified atom stereocenters. The lowest BCUT2D eigenvalue weighted by atomic mass is 9.85. The summed E-state index contributed by atoms with van der Waals surface area (Å²) < 4.78 is 33.3. The third kappa shape index (κ3) is 26.1. The van der Waals surface area contributed by atoms with Gasteiger partial charge in [-0.15, -0.1) is 0 Å². The molecular formula is C43H71O13P. The van der Waals surface area contributed by atoms with Crippen molar-refractivity contribution in [2.45, 2.75) is 172 Å². The lowest BCUT2D eigenvalue weighted by Crippen LogP contribution is -2.64. The Hall–Kier alpha value is -2.71. The molecule has 0 amide bonds. The highest BCUT2D eigenvalue weighted by molar-refractivity contribution is 7.47. The number of carbonyl (C=O) groups excluding carboxylic acids is 2. The summed E-state index contributed by atoms with van der Waals surface area (Å²) in [6, 6.07) is 0. The lowest BCUT2D eigenvalue weighted by Gasteiger charge is -2.41. The second-order valence-electron chi connectivity index (χ2n) is 14.1. The van der Waals surface area contributed by atoms with Crippen LogP contribution in [0, 0.1) is 0 Å². The molecule has 14 heteroatoms. The van der Waals surface area contributed by atoms with Gasteiger partial charge in [-0.1, -0.05) is 112 Å². The average Bonchev–Trinajstić information content (AvgIpc) is 3.19. The minimum atomic E-state index is -5.13. The normalized spacial score (nSPS) is 23.4. The number of aliphatic hydroxyl groups excluding tert-OH is 5. The Kier molecular flexibility index (Phi) is 30.4. The van der Waals surface area contributed by atoms with Crippen molar-refractivity contribution in [3.8, 4) is 0 Å². The van der Waals surface area contributed by atoms with Gasteiger partial charge >= 0.3 is 19.8 Å². The monoisotopic (exact) mass is 826 g/mol. The number of allylic oxidation sites excluding steroid dienone is 12. The molecule has 1 aliphatic carbocycles. The van der Waals surface area contributed by atoms with Crippen molar-refractivity contribution in [1.29, 1.82) is 0 Å². The Balaban J connectivity index is 2.56. The van der Waals surface area contributed by atoms with Crippen LogP contribution in [0.1, 0.15) is 129 Å². The van der Waals surface area contributed by atoms with Gasteiger partial charge in [-0.3, -0.25) is 18.6 Å². The molecule has 6 atom stereocenters. The third-order valence-corrected chi connectivity index (χ3v) is 10.00. The Morgan fingerprint density at radius 1 is 0.561 bits per heavy atom. The zero-order valence-corrected chi connectivity index (χ0v) is 35.0. The summed E-state index contributed by atoms with van der Waals surface area (Å²) in [4.78, 5) is 35.5. The number of rotatable bonds is 32. The van der Waals surface area contributed by atoms with E-state index in [2.05, 4.69) is 80.7 Å². The molecule has 326 valence electrons. The van der Waals surface area contributed by atoms with E-state index in [4.69, 9.17) is 18.5 Å². The summed E-state index contributed by atoms with van der Waals surface area (Å²) in [5, 5.41) is 50.0. The molecule has 0 aromatic rings. The minimum Gasteiger partial charge on any atom is -0.462 e. The molecule has 0 aromatic heterocycles. The fourth-order valence-electron chi connectivity index (χ4n) is 5.67. The highest BCUT2D eigenvalue weighted by Crippen LogP contribution is 2.47. The van der Waals surface area contributed by atoms with E-state index >= 15 is 0 Å². The quantitative estimate of drug-likeness (QED) is 0.0172. The van der Waals surface area contributed by atoms with Gasteiger partial charge in [0.05, 0.1) is 6.61 Å². The van der Waals surface area contributed by atoms with Gasteiger partial charge < -0.3 is 39.9 Å². The summed E-state index contributed by atoms with van der Waals surface area (Å²) in [7, 11) is -5.13. The summed E-state index contributed by atoms with van der Waals surface area (Å²) in [6.07, 6.45) is 26.9. The lowest BCUT2D eigenvalue weighted by molar-refractivity contribution is -0.220. The Morgan fingerprint density at radius 3 is 1.56 bits per heavy atom. The van der Waals surface area contributed by atoms with Crippen LogP contribution in [0.2, 0.25) is 0 Å². The zero-order valence-electron chi connectivity index (χ0n) is 34.1. The van der Waals surface area contributed by atoms with Gasteiger partial charge in [0.1, 0.15) is 43.2 Å². The fraction of sp³-hybridized carbons (Fsp3) is 0.674. The van der Waals surface area contributed by atoms with Crippen molar-refractivity contribution in [3.63, 3.8) is 0 Å². The largest absolute Gasteiger partial charge is 0.472 e. The van der Waals surface area contributed by atoms with Gasteiger partial charge in [0.25, 0.3) is 0 Å². The summed E-state index contributed by atoms with van der Waals surface area (Å²) in [5.41, 5.74) is 0. The highest BCUT2D eigenvalue weighted by atomic mass is 31.2. The van der Waals surface area contributed by atoms with Crippen LogP contribution in [0.15, 0.2) is 72.9 Å². The molecule has 1 rings (SSSR count). The van der Waals surface area contributed by atoms with E-state index in [0.29, 0.717) is 19.3 Å². The molecule has 0 radical (unpaired) electrons. The first-order valence-corrected chi connectivity index (χ1v) is 22.2. The maximum atomic E-state index is 12.8. The van der Waals surface area contributed by atoms with Gasteiger partial charge in [-0.25, -0.2) is 4.57 Å². The fourth-order valence-corrected chi connectivity index (χ4v) is 6.64. The molecule has 1 aliphatic rings. The van der Waals surface area contributed by atoms with Crippen LogP contribution < -0.4 is 0 Å². The minimum absolute atomic E-state index is 0.0373. The van der Waals surface area contributed by atoms with Crippen molar-refractivity contribution in [2.24, 2.45) is 0 Å². The van der Waals surface area contributed by atoms with Crippen molar-refractivity contribution in [3.05, 3.63) is 72.9 Å². The Bertz CT molecular complexity index is 1280. The van der Waals surface area contributed by atoms with Gasteiger partial charge in [0.15, 0.2) is 6.10 Å². The smallest absolute Gasteiger partial charge is 0.462 e. The van der Waals surface area contributed by atoms with Crippen molar-refractivity contribution < 1.29 is 63.1 Å². The second-order valence-corrected chi connectivity index (χ2v) is 15.5.